The average molecular weight is 210 g/mol. The van der Waals surface area contributed by atoms with E-state index in [9.17, 15) is 9.59 Å². The zero-order valence-electron chi connectivity index (χ0n) is 7.24. The Bertz CT molecular complexity index is 382. The molecule has 2 rings (SSSR count). The summed E-state index contributed by atoms with van der Waals surface area (Å²) in [5, 5.41) is 2.08. The summed E-state index contributed by atoms with van der Waals surface area (Å²) in [6.45, 7) is 0. The van der Waals surface area contributed by atoms with Crippen molar-refractivity contribution in [2.75, 3.05) is 0 Å². The number of fused-ring (bicyclic) bond motifs is 1. The van der Waals surface area contributed by atoms with Crippen LogP contribution >= 0.6 is 11.6 Å². The lowest BCUT2D eigenvalue weighted by atomic mass is 9.89. The second-order valence-electron chi connectivity index (χ2n) is 3.19. The highest BCUT2D eigenvalue weighted by Gasteiger charge is 2.33. The van der Waals surface area contributed by atoms with Gasteiger partial charge in [0, 0.05) is 17.7 Å². The van der Waals surface area contributed by atoms with Gasteiger partial charge in [-0.1, -0.05) is 24.3 Å². The van der Waals surface area contributed by atoms with Gasteiger partial charge in [-0.25, -0.2) is 0 Å². The van der Waals surface area contributed by atoms with E-state index >= 15 is 0 Å². The first-order chi connectivity index (χ1) is 6.70. The molecule has 3 nitrogen and oxygen atoms in total. The monoisotopic (exact) mass is 209 g/mol. The first-order valence-electron chi connectivity index (χ1n) is 4.25. The van der Waals surface area contributed by atoms with E-state index in [0.717, 1.165) is 0 Å². The lowest BCUT2D eigenvalue weighted by molar-refractivity contribution is -0.129. The average Bonchev–Trinajstić information content (AvgIpc) is 2.60. The third kappa shape index (κ3) is 1.40. The van der Waals surface area contributed by atoms with Crippen molar-refractivity contribution in [1.82, 2.24) is 5.32 Å². The van der Waals surface area contributed by atoms with Crippen LogP contribution in [-0.4, -0.2) is 17.1 Å². The van der Waals surface area contributed by atoms with Crippen LogP contribution in [0.3, 0.4) is 0 Å². The quantitative estimate of drug-likeness (QED) is 0.544. The summed E-state index contributed by atoms with van der Waals surface area (Å²) in [5.74, 6) is -0.679. The summed E-state index contributed by atoms with van der Waals surface area (Å²) in [5.41, 5.74) is 0.440. The van der Waals surface area contributed by atoms with Crippen molar-refractivity contribution < 1.29 is 9.59 Å². The number of carbonyl (C=O) groups excluding carboxylic acids is 2. The second-order valence-corrected chi connectivity index (χ2v) is 3.53. The van der Waals surface area contributed by atoms with E-state index in [2.05, 4.69) is 5.32 Å². The molecule has 0 spiro atoms. The molecule has 4 heteroatoms. The van der Waals surface area contributed by atoms with Crippen molar-refractivity contribution in [1.29, 1.82) is 0 Å². The maximum atomic E-state index is 11.4. The molecule has 0 aromatic rings. The van der Waals surface area contributed by atoms with Crippen molar-refractivity contribution in [2.45, 2.75) is 6.04 Å². The van der Waals surface area contributed by atoms with Gasteiger partial charge in [-0.2, -0.15) is 0 Å². The Hall–Kier alpha value is -1.35. The molecule has 0 saturated carbocycles. The second kappa shape index (κ2) is 3.42. The molecule has 0 aromatic heterocycles. The summed E-state index contributed by atoms with van der Waals surface area (Å²) >= 11 is 5.14. The van der Waals surface area contributed by atoms with Crippen LogP contribution in [0.4, 0.5) is 0 Å². The smallest absolute Gasteiger partial charge is 0.292 e. The molecule has 0 fully saturated rings. The molecule has 0 radical (unpaired) electrons. The van der Waals surface area contributed by atoms with Crippen LogP contribution in [0.5, 0.6) is 0 Å². The normalized spacial score (nSPS) is 27.9. The standard InChI is InChI=1S/C10H8ClNO2/c11-10(14)9(13)7-5-12-8-4-2-1-3-6(7)8/h1-6,8,12H. The molecule has 2 unspecified atom stereocenters. The van der Waals surface area contributed by atoms with Crippen molar-refractivity contribution in [3.63, 3.8) is 0 Å². The lowest BCUT2D eigenvalue weighted by Gasteiger charge is -2.17. The molecule has 1 aliphatic carbocycles. The van der Waals surface area contributed by atoms with Crippen LogP contribution in [0, 0.1) is 5.92 Å². The number of ketones is 1. The van der Waals surface area contributed by atoms with Crippen molar-refractivity contribution in [3.8, 4) is 0 Å². The number of hydrogen-bond donors (Lipinski definition) is 1. The van der Waals surface area contributed by atoms with E-state index in [1.165, 1.54) is 0 Å². The molecule has 72 valence electrons. The van der Waals surface area contributed by atoms with Crippen LogP contribution in [0.15, 0.2) is 36.1 Å². The predicted octanol–water partition coefficient (Wildman–Crippen LogP) is 0.919. The highest BCUT2D eigenvalue weighted by atomic mass is 35.5. The molecule has 14 heavy (non-hydrogen) atoms. The van der Waals surface area contributed by atoms with E-state index in [-0.39, 0.29) is 12.0 Å². The number of allylic oxidation sites excluding steroid dienone is 2. The van der Waals surface area contributed by atoms with Gasteiger partial charge >= 0.3 is 0 Å². The van der Waals surface area contributed by atoms with Crippen molar-refractivity contribution in [2.24, 2.45) is 5.92 Å². The number of halogens is 1. The maximum Gasteiger partial charge on any atom is 0.292 e. The van der Waals surface area contributed by atoms with E-state index in [4.69, 9.17) is 11.6 Å². The number of Topliss-reactive ketones (excluding diaryl/α,β-unsaturated/α-hetero) is 1. The van der Waals surface area contributed by atoms with E-state index in [1.807, 2.05) is 24.3 Å². The molecule has 0 amide bonds. The molecule has 0 aromatic carbocycles. The van der Waals surface area contributed by atoms with Crippen LogP contribution in [0.2, 0.25) is 0 Å². The number of hydrogen-bond acceptors (Lipinski definition) is 3. The number of rotatable bonds is 2. The van der Waals surface area contributed by atoms with Crippen LogP contribution in [-0.2, 0) is 9.59 Å². The summed E-state index contributed by atoms with van der Waals surface area (Å²) in [6, 6.07) is 0.0787. The molecule has 0 bridgehead atoms. The Morgan fingerprint density at radius 2 is 2.00 bits per heavy atom. The minimum absolute atomic E-state index is 0.0600. The third-order valence-corrected chi connectivity index (χ3v) is 2.54. The van der Waals surface area contributed by atoms with E-state index in [1.54, 1.807) is 6.20 Å². The fourth-order valence-corrected chi connectivity index (χ4v) is 1.79. The Kier molecular flexibility index (Phi) is 2.25. The van der Waals surface area contributed by atoms with Gasteiger partial charge in [-0.3, -0.25) is 9.59 Å². The summed E-state index contributed by atoms with van der Waals surface area (Å²) in [4.78, 5) is 22.1. The fraction of sp³-hybridized carbons (Fsp3) is 0.200. The maximum absolute atomic E-state index is 11.4. The Balaban J connectivity index is 2.23. The Labute approximate surface area is 86.1 Å². The molecular formula is C10H8ClNO2. The van der Waals surface area contributed by atoms with E-state index in [0.29, 0.717) is 5.57 Å². The zero-order valence-corrected chi connectivity index (χ0v) is 7.99. The number of carbonyl (C=O) groups is 2. The molecular weight excluding hydrogens is 202 g/mol. The topological polar surface area (TPSA) is 46.2 Å². The summed E-state index contributed by atoms with van der Waals surface area (Å²) in [7, 11) is 0. The van der Waals surface area contributed by atoms with Gasteiger partial charge in [0.1, 0.15) is 0 Å². The Morgan fingerprint density at radius 3 is 2.71 bits per heavy atom. The van der Waals surface area contributed by atoms with Crippen LogP contribution < -0.4 is 5.32 Å². The SMILES string of the molecule is O=C(Cl)C(=O)C1=CNC2C=CC=CC12. The van der Waals surface area contributed by atoms with Gasteiger partial charge in [-0.15, -0.1) is 0 Å². The van der Waals surface area contributed by atoms with Gasteiger partial charge in [0.2, 0.25) is 5.78 Å². The molecule has 1 heterocycles. The first-order valence-corrected chi connectivity index (χ1v) is 4.63. The largest absolute Gasteiger partial charge is 0.383 e. The zero-order chi connectivity index (χ0) is 10.1. The van der Waals surface area contributed by atoms with Gasteiger partial charge < -0.3 is 5.32 Å². The van der Waals surface area contributed by atoms with Crippen LogP contribution in [0.25, 0.3) is 0 Å². The molecule has 1 N–H and O–H groups in total. The Morgan fingerprint density at radius 1 is 1.29 bits per heavy atom. The minimum Gasteiger partial charge on any atom is -0.383 e. The third-order valence-electron chi connectivity index (χ3n) is 2.37. The highest BCUT2D eigenvalue weighted by molar-refractivity contribution is 6.83. The lowest BCUT2D eigenvalue weighted by Crippen LogP contribution is -2.27. The molecule has 1 aliphatic heterocycles. The van der Waals surface area contributed by atoms with Gasteiger partial charge in [0.15, 0.2) is 0 Å². The van der Waals surface area contributed by atoms with Gasteiger partial charge in [-0.05, 0) is 11.6 Å². The van der Waals surface area contributed by atoms with E-state index < -0.39 is 11.0 Å². The van der Waals surface area contributed by atoms with Crippen molar-refractivity contribution >= 4 is 22.6 Å². The molecule has 0 saturated heterocycles. The van der Waals surface area contributed by atoms with Crippen molar-refractivity contribution in [3.05, 3.63) is 36.1 Å². The molecule has 2 atom stereocenters. The summed E-state index contributed by atoms with van der Waals surface area (Å²) < 4.78 is 0. The fourth-order valence-electron chi connectivity index (χ4n) is 1.68. The number of nitrogens with one attached hydrogen (secondary N) is 1. The van der Waals surface area contributed by atoms with Gasteiger partial charge in [0.05, 0.1) is 6.04 Å². The predicted molar refractivity (Wildman–Crippen MR) is 52.6 cm³/mol. The molecule has 2 aliphatic rings. The highest BCUT2D eigenvalue weighted by Crippen LogP contribution is 2.27. The first kappa shape index (κ1) is 9.21. The minimum atomic E-state index is -0.929. The van der Waals surface area contributed by atoms with Crippen LogP contribution in [0.1, 0.15) is 0 Å². The summed E-state index contributed by atoms with van der Waals surface area (Å²) in [6.07, 6.45) is 9.15. The van der Waals surface area contributed by atoms with Gasteiger partial charge in [0.25, 0.3) is 5.24 Å².